The third-order valence-electron chi connectivity index (χ3n) is 2.92. The van der Waals surface area contributed by atoms with Crippen molar-refractivity contribution in [1.82, 2.24) is 4.90 Å². The third-order valence-corrected chi connectivity index (χ3v) is 2.92. The van der Waals surface area contributed by atoms with Crippen LogP contribution in [0.4, 0.5) is 0 Å². The van der Waals surface area contributed by atoms with Crippen LogP contribution in [0.5, 0.6) is 0 Å². The van der Waals surface area contributed by atoms with Crippen LogP contribution in [0, 0.1) is 11.8 Å². The number of nitrogens with zero attached hydrogens (tertiary/aromatic N) is 1. The van der Waals surface area contributed by atoms with Crippen molar-refractivity contribution in [2.45, 2.75) is 39.2 Å². The van der Waals surface area contributed by atoms with Crippen molar-refractivity contribution in [2.75, 3.05) is 13.6 Å². The first-order valence-corrected chi connectivity index (χ1v) is 5.50. The Bertz CT molecular complexity index is 199. The number of hydrogen-bond donors (Lipinski definition) is 1. The van der Waals surface area contributed by atoms with Gasteiger partial charge in [-0.2, -0.15) is 0 Å². The van der Waals surface area contributed by atoms with Gasteiger partial charge in [-0.25, -0.2) is 0 Å². The second-order valence-electron chi connectivity index (χ2n) is 4.83. The molecule has 0 heterocycles. The lowest BCUT2D eigenvalue weighted by molar-refractivity contribution is -0.130. The summed E-state index contributed by atoms with van der Waals surface area (Å²) >= 11 is 0. The smallest absolute Gasteiger partial charge is 0.223 e. The van der Waals surface area contributed by atoms with Gasteiger partial charge in [0.05, 0.1) is 0 Å². The van der Waals surface area contributed by atoms with Gasteiger partial charge in [0.15, 0.2) is 0 Å². The Labute approximate surface area is 86.6 Å². The summed E-state index contributed by atoms with van der Waals surface area (Å²) in [7, 11) is 1.88. The van der Waals surface area contributed by atoms with Gasteiger partial charge in [-0.15, -0.1) is 0 Å². The van der Waals surface area contributed by atoms with E-state index in [1.54, 1.807) is 0 Å². The Hall–Kier alpha value is -0.570. The van der Waals surface area contributed by atoms with Crippen LogP contribution in [0.15, 0.2) is 0 Å². The van der Waals surface area contributed by atoms with Crippen LogP contribution in [0.1, 0.15) is 33.1 Å². The topological polar surface area (TPSA) is 46.3 Å². The van der Waals surface area contributed by atoms with E-state index in [9.17, 15) is 4.79 Å². The van der Waals surface area contributed by atoms with Gasteiger partial charge in [0.25, 0.3) is 0 Å². The lowest BCUT2D eigenvalue weighted by atomic mass is 10.0. The number of rotatable bonds is 5. The van der Waals surface area contributed by atoms with Crippen molar-refractivity contribution < 1.29 is 4.79 Å². The summed E-state index contributed by atoms with van der Waals surface area (Å²) in [5.41, 5.74) is 5.85. The first kappa shape index (κ1) is 11.5. The predicted molar refractivity (Wildman–Crippen MR) is 57.8 cm³/mol. The lowest BCUT2D eigenvalue weighted by Gasteiger charge is -2.21. The first-order valence-electron chi connectivity index (χ1n) is 5.50. The van der Waals surface area contributed by atoms with Crippen LogP contribution in [0.3, 0.4) is 0 Å². The maximum atomic E-state index is 11.7. The van der Waals surface area contributed by atoms with Crippen LogP contribution < -0.4 is 5.73 Å². The highest BCUT2D eigenvalue weighted by molar-refractivity contribution is 5.76. The summed E-state index contributed by atoms with van der Waals surface area (Å²) in [6.45, 7) is 5.03. The van der Waals surface area contributed by atoms with Gasteiger partial charge in [-0.1, -0.05) is 13.8 Å². The normalized spacial score (nSPS) is 18.4. The SMILES string of the molecule is CC(C)C(N)CC(=O)N(C)CC1CC1. The second kappa shape index (κ2) is 4.78. The molecule has 0 aliphatic heterocycles. The zero-order valence-electron chi connectivity index (χ0n) is 9.49. The Morgan fingerprint density at radius 3 is 2.50 bits per heavy atom. The highest BCUT2D eigenvalue weighted by atomic mass is 16.2. The van der Waals surface area contributed by atoms with E-state index >= 15 is 0 Å². The molecule has 1 fully saturated rings. The highest BCUT2D eigenvalue weighted by Gasteiger charge is 2.25. The molecule has 1 aliphatic rings. The molecule has 1 aliphatic carbocycles. The van der Waals surface area contributed by atoms with E-state index in [2.05, 4.69) is 13.8 Å². The maximum absolute atomic E-state index is 11.7. The van der Waals surface area contributed by atoms with Gasteiger partial charge in [-0.3, -0.25) is 4.79 Å². The molecule has 1 unspecified atom stereocenters. The van der Waals surface area contributed by atoms with Gasteiger partial charge in [0.1, 0.15) is 0 Å². The molecule has 3 heteroatoms. The summed E-state index contributed by atoms with van der Waals surface area (Å²) < 4.78 is 0. The fourth-order valence-electron chi connectivity index (χ4n) is 1.38. The maximum Gasteiger partial charge on any atom is 0.223 e. The van der Waals surface area contributed by atoms with Crippen molar-refractivity contribution in [2.24, 2.45) is 17.6 Å². The molecule has 82 valence electrons. The van der Waals surface area contributed by atoms with Crippen molar-refractivity contribution in [3.63, 3.8) is 0 Å². The van der Waals surface area contributed by atoms with E-state index in [4.69, 9.17) is 5.73 Å². The van der Waals surface area contributed by atoms with E-state index in [0.29, 0.717) is 12.3 Å². The summed E-state index contributed by atoms with van der Waals surface area (Å²) in [6, 6.07) is 0.00385. The van der Waals surface area contributed by atoms with Crippen molar-refractivity contribution in [3.8, 4) is 0 Å². The van der Waals surface area contributed by atoms with Crippen molar-refractivity contribution in [3.05, 3.63) is 0 Å². The van der Waals surface area contributed by atoms with E-state index < -0.39 is 0 Å². The molecule has 1 amide bonds. The molecule has 0 saturated heterocycles. The molecule has 2 N–H and O–H groups in total. The minimum absolute atomic E-state index is 0.00385. The Balaban J connectivity index is 2.24. The predicted octanol–water partition coefficient (Wildman–Crippen LogP) is 1.23. The Morgan fingerprint density at radius 2 is 2.07 bits per heavy atom. The molecule has 0 aromatic heterocycles. The summed E-state index contributed by atoms with van der Waals surface area (Å²) in [5.74, 6) is 1.34. The minimum atomic E-state index is 0.00385. The molecule has 14 heavy (non-hydrogen) atoms. The zero-order valence-corrected chi connectivity index (χ0v) is 9.49. The molecule has 1 rings (SSSR count). The first-order chi connectivity index (χ1) is 6.50. The van der Waals surface area contributed by atoms with Crippen LogP contribution in [-0.4, -0.2) is 30.4 Å². The molecule has 0 aromatic carbocycles. The third kappa shape index (κ3) is 3.66. The molecule has 0 radical (unpaired) electrons. The number of carbonyl (C=O) groups excluding carboxylic acids is 1. The average molecular weight is 198 g/mol. The zero-order chi connectivity index (χ0) is 10.7. The molecule has 0 aromatic rings. The Morgan fingerprint density at radius 1 is 1.50 bits per heavy atom. The monoisotopic (exact) mass is 198 g/mol. The number of amides is 1. The van der Waals surface area contributed by atoms with Crippen LogP contribution in [0.25, 0.3) is 0 Å². The van der Waals surface area contributed by atoms with Crippen molar-refractivity contribution >= 4 is 5.91 Å². The summed E-state index contributed by atoms with van der Waals surface area (Å²) in [5, 5.41) is 0. The van der Waals surface area contributed by atoms with Crippen LogP contribution in [-0.2, 0) is 4.79 Å². The number of nitrogens with two attached hydrogens (primary N) is 1. The van der Waals surface area contributed by atoms with E-state index in [1.807, 2.05) is 11.9 Å². The fourth-order valence-corrected chi connectivity index (χ4v) is 1.38. The standard InChI is InChI=1S/C11H22N2O/c1-8(2)10(12)6-11(14)13(3)7-9-4-5-9/h8-10H,4-7,12H2,1-3H3. The lowest BCUT2D eigenvalue weighted by Crippen LogP contribution is -2.36. The van der Waals surface area contributed by atoms with E-state index in [0.717, 1.165) is 12.5 Å². The molecule has 3 nitrogen and oxygen atoms in total. The molecule has 1 saturated carbocycles. The molecular weight excluding hydrogens is 176 g/mol. The van der Waals surface area contributed by atoms with Gasteiger partial charge < -0.3 is 10.6 Å². The molecule has 1 atom stereocenters. The van der Waals surface area contributed by atoms with E-state index in [1.165, 1.54) is 12.8 Å². The van der Waals surface area contributed by atoms with Gasteiger partial charge in [0.2, 0.25) is 5.91 Å². The highest BCUT2D eigenvalue weighted by Crippen LogP contribution is 2.29. The average Bonchev–Trinajstić information content (AvgIpc) is 2.87. The quantitative estimate of drug-likeness (QED) is 0.722. The molecule has 0 spiro atoms. The van der Waals surface area contributed by atoms with E-state index in [-0.39, 0.29) is 11.9 Å². The second-order valence-corrected chi connectivity index (χ2v) is 4.83. The number of carbonyl (C=O) groups is 1. The largest absolute Gasteiger partial charge is 0.345 e. The number of hydrogen-bond acceptors (Lipinski definition) is 2. The van der Waals surface area contributed by atoms with Gasteiger partial charge in [-0.05, 0) is 24.7 Å². The fraction of sp³-hybridized carbons (Fsp3) is 0.909. The van der Waals surface area contributed by atoms with Gasteiger partial charge >= 0.3 is 0 Å². The van der Waals surface area contributed by atoms with Crippen molar-refractivity contribution in [1.29, 1.82) is 0 Å². The minimum Gasteiger partial charge on any atom is -0.345 e. The van der Waals surface area contributed by atoms with Crippen LogP contribution >= 0.6 is 0 Å². The molecular formula is C11H22N2O. The van der Waals surface area contributed by atoms with Gasteiger partial charge in [0, 0.05) is 26.1 Å². The van der Waals surface area contributed by atoms with Crippen LogP contribution in [0.2, 0.25) is 0 Å². The summed E-state index contributed by atoms with van der Waals surface area (Å²) in [4.78, 5) is 13.5. The molecule has 0 bridgehead atoms. The summed E-state index contributed by atoms with van der Waals surface area (Å²) in [6.07, 6.45) is 3.06. The Kier molecular flexibility index (Phi) is 3.93.